The Labute approximate surface area is 147 Å². The van der Waals surface area contributed by atoms with Gasteiger partial charge in [0.1, 0.15) is 6.04 Å². The standard InChI is InChI=1S/C18H23ClN4O/c1-14-4-3-5-16(10-14)12-21-6-8-22(9-7-21)18(24)15(2)23-13-17(19)11-20-23/h3-5,10-11,13,15H,6-9,12H2,1-2H3/t15-/m0/s1. The molecule has 3 rings (SSSR count). The molecule has 1 saturated heterocycles. The van der Waals surface area contributed by atoms with Crippen molar-refractivity contribution in [1.82, 2.24) is 19.6 Å². The summed E-state index contributed by atoms with van der Waals surface area (Å²) in [7, 11) is 0. The minimum Gasteiger partial charge on any atom is -0.338 e. The van der Waals surface area contributed by atoms with Gasteiger partial charge in [0.05, 0.1) is 11.2 Å². The number of nitrogens with zero attached hydrogens (tertiary/aromatic N) is 4. The van der Waals surface area contributed by atoms with E-state index in [4.69, 9.17) is 11.6 Å². The van der Waals surface area contributed by atoms with Gasteiger partial charge in [-0.25, -0.2) is 0 Å². The van der Waals surface area contributed by atoms with E-state index in [-0.39, 0.29) is 11.9 Å². The van der Waals surface area contributed by atoms with Crippen molar-refractivity contribution in [3.05, 3.63) is 52.8 Å². The molecule has 0 N–H and O–H groups in total. The maximum absolute atomic E-state index is 12.6. The molecule has 0 aliphatic carbocycles. The van der Waals surface area contributed by atoms with Crippen LogP contribution in [0.3, 0.4) is 0 Å². The molecule has 24 heavy (non-hydrogen) atoms. The summed E-state index contributed by atoms with van der Waals surface area (Å²) in [4.78, 5) is 16.9. The van der Waals surface area contributed by atoms with E-state index >= 15 is 0 Å². The number of carbonyl (C=O) groups excluding carboxylic acids is 1. The molecule has 128 valence electrons. The second-order valence-corrected chi connectivity index (χ2v) is 6.84. The van der Waals surface area contributed by atoms with Crippen molar-refractivity contribution in [2.45, 2.75) is 26.4 Å². The van der Waals surface area contributed by atoms with Crippen molar-refractivity contribution in [1.29, 1.82) is 0 Å². The quantitative estimate of drug-likeness (QED) is 0.854. The summed E-state index contributed by atoms with van der Waals surface area (Å²) in [6.07, 6.45) is 3.25. The molecule has 1 fully saturated rings. The first-order chi connectivity index (χ1) is 11.5. The molecule has 0 spiro atoms. The second kappa shape index (κ2) is 7.36. The van der Waals surface area contributed by atoms with Gasteiger partial charge in [-0.1, -0.05) is 41.4 Å². The third-order valence-corrected chi connectivity index (χ3v) is 4.69. The van der Waals surface area contributed by atoms with Gasteiger partial charge in [0.25, 0.3) is 0 Å². The number of halogens is 1. The molecule has 2 aromatic rings. The Kier molecular flexibility index (Phi) is 5.21. The minimum absolute atomic E-state index is 0.102. The Balaban J connectivity index is 1.53. The Morgan fingerprint density at radius 1 is 1.29 bits per heavy atom. The van der Waals surface area contributed by atoms with E-state index in [1.165, 1.54) is 11.1 Å². The van der Waals surface area contributed by atoms with Gasteiger partial charge in [0, 0.05) is 38.9 Å². The van der Waals surface area contributed by atoms with Gasteiger partial charge < -0.3 is 4.90 Å². The van der Waals surface area contributed by atoms with Crippen molar-refractivity contribution in [2.24, 2.45) is 0 Å². The molecule has 1 aliphatic rings. The van der Waals surface area contributed by atoms with E-state index in [0.29, 0.717) is 5.02 Å². The van der Waals surface area contributed by atoms with Crippen LogP contribution in [0.4, 0.5) is 0 Å². The molecule has 1 atom stereocenters. The van der Waals surface area contributed by atoms with Gasteiger partial charge in [-0.3, -0.25) is 14.4 Å². The van der Waals surface area contributed by atoms with Crippen molar-refractivity contribution >= 4 is 17.5 Å². The lowest BCUT2D eigenvalue weighted by molar-refractivity contribution is -0.136. The predicted octanol–water partition coefficient (Wildman–Crippen LogP) is 2.75. The molecule has 0 unspecified atom stereocenters. The van der Waals surface area contributed by atoms with Gasteiger partial charge in [-0.05, 0) is 19.4 Å². The fourth-order valence-corrected chi connectivity index (χ4v) is 3.24. The van der Waals surface area contributed by atoms with Crippen LogP contribution in [-0.2, 0) is 11.3 Å². The Morgan fingerprint density at radius 3 is 2.67 bits per heavy atom. The molecule has 0 bridgehead atoms. The lowest BCUT2D eigenvalue weighted by Crippen LogP contribution is -2.49. The molecule has 5 nitrogen and oxygen atoms in total. The van der Waals surface area contributed by atoms with Gasteiger partial charge in [0.15, 0.2) is 0 Å². The summed E-state index contributed by atoms with van der Waals surface area (Å²) in [5.74, 6) is 0.102. The fourth-order valence-electron chi connectivity index (χ4n) is 3.10. The molecule has 1 aliphatic heterocycles. The van der Waals surface area contributed by atoms with E-state index in [1.807, 2.05) is 11.8 Å². The number of amides is 1. The Hall–Kier alpha value is -1.85. The number of hydrogen-bond acceptors (Lipinski definition) is 3. The van der Waals surface area contributed by atoms with E-state index < -0.39 is 0 Å². The summed E-state index contributed by atoms with van der Waals surface area (Å²) in [5, 5.41) is 4.69. The first kappa shape index (κ1) is 17.0. The molecule has 1 aromatic heterocycles. The maximum Gasteiger partial charge on any atom is 0.247 e. The van der Waals surface area contributed by atoms with Gasteiger partial charge >= 0.3 is 0 Å². The molecule has 1 aromatic carbocycles. The predicted molar refractivity (Wildman–Crippen MR) is 95.0 cm³/mol. The SMILES string of the molecule is Cc1cccc(CN2CCN(C(=O)[C@H](C)n3cc(Cl)cn3)CC2)c1. The third-order valence-electron chi connectivity index (χ3n) is 4.50. The van der Waals surface area contributed by atoms with Crippen LogP contribution in [0.5, 0.6) is 0 Å². The van der Waals surface area contributed by atoms with Crippen molar-refractivity contribution in [2.75, 3.05) is 26.2 Å². The lowest BCUT2D eigenvalue weighted by Gasteiger charge is -2.36. The van der Waals surface area contributed by atoms with Crippen LogP contribution < -0.4 is 0 Å². The zero-order valence-corrected chi connectivity index (χ0v) is 14.9. The van der Waals surface area contributed by atoms with Crippen molar-refractivity contribution < 1.29 is 4.79 Å². The second-order valence-electron chi connectivity index (χ2n) is 6.41. The summed E-state index contributed by atoms with van der Waals surface area (Å²) >= 11 is 5.89. The van der Waals surface area contributed by atoms with Gasteiger partial charge in [-0.15, -0.1) is 0 Å². The number of hydrogen-bond donors (Lipinski definition) is 0. The Morgan fingerprint density at radius 2 is 2.04 bits per heavy atom. The minimum atomic E-state index is -0.319. The van der Waals surface area contributed by atoms with Crippen LogP contribution in [0.1, 0.15) is 24.1 Å². The average molecular weight is 347 g/mol. The van der Waals surface area contributed by atoms with E-state index in [0.717, 1.165) is 32.7 Å². The van der Waals surface area contributed by atoms with E-state index in [1.54, 1.807) is 17.1 Å². The highest BCUT2D eigenvalue weighted by molar-refractivity contribution is 6.30. The number of piperazine rings is 1. The van der Waals surface area contributed by atoms with Crippen LogP contribution in [0.15, 0.2) is 36.7 Å². The largest absolute Gasteiger partial charge is 0.338 e. The molecule has 6 heteroatoms. The summed E-state index contributed by atoms with van der Waals surface area (Å²) in [6.45, 7) is 8.22. The van der Waals surface area contributed by atoms with Crippen LogP contribution in [0.2, 0.25) is 5.02 Å². The normalized spacial score (nSPS) is 17.0. The summed E-state index contributed by atoms with van der Waals surface area (Å²) in [5.41, 5.74) is 2.61. The Bertz CT molecular complexity index is 707. The molecule has 1 amide bonds. The van der Waals surface area contributed by atoms with Crippen LogP contribution in [0, 0.1) is 6.92 Å². The number of rotatable bonds is 4. The van der Waals surface area contributed by atoms with Crippen LogP contribution in [-0.4, -0.2) is 51.7 Å². The highest BCUT2D eigenvalue weighted by Gasteiger charge is 2.26. The summed E-state index contributed by atoms with van der Waals surface area (Å²) < 4.78 is 1.63. The number of benzene rings is 1. The molecule has 2 heterocycles. The van der Waals surface area contributed by atoms with Crippen molar-refractivity contribution in [3.8, 4) is 0 Å². The van der Waals surface area contributed by atoms with Crippen LogP contribution in [0.25, 0.3) is 0 Å². The average Bonchev–Trinajstić information content (AvgIpc) is 3.01. The zero-order valence-electron chi connectivity index (χ0n) is 14.2. The first-order valence-corrected chi connectivity index (χ1v) is 8.67. The van der Waals surface area contributed by atoms with Crippen molar-refractivity contribution in [3.63, 3.8) is 0 Å². The molecular formula is C18H23ClN4O. The monoisotopic (exact) mass is 346 g/mol. The number of aryl methyl sites for hydroxylation is 1. The fraction of sp³-hybridized carbons (Fsp3) is 0.444. The highest BCUT2D eigenvalue weighted by atomic mass is 35.5. The van der Waals surface area contributed by atoms with Gasteiger partial charge in [0.2, 0.25) is 5.91 Å². The summed E-state index contributed by atoms with van der Waals surface area (Å²) in [6, 6.07) is 8.28. The molecule has 0 saturated carbocycles. The first-order valence-electron chi connectivity index (χ1n) is 8.29. The maximum atomic E-state index is 12.6. The van der Waals surface area contributed by atoms with Crippen LogP contribution >= 0.6 is 11.6 Å². The third kappa shape index (κ3) is 3.97. The topological polar surface area (TPSA) is 41.4 Å². The van der Waals surface area contributed by atoms with E-state index in [2.05, 4.69) is 41.2 Å². The van der Waals surface area contributed by atoms with E-state index in [9.17, 15) is 4.79 Å². The lowest BCUT2D eigenvalue weighted by atomic mass is 10.1. The number of carbonyl (C=O) groups is 1. The highest BCUT2D eigenvalue weighted by Crippen LogP contribution is 2.16. The van der Waals surface area contributed by atoms with Gasteiger partial charge in [-0.2, -0.15) is 5.10 Å². The molecule has 0 radical (unpaired) electrons. The zero-order chi connectivity index (χ0) is 17.1. The number of aromatic nitrogens is 2. The smallest absolute Gasteiger partial charge is 0.247 e. The molecular weight excluding hydrogens is 324 g/mol.